The van der Waals surface area contributed by atoms with Crippen LogP contribution in [0.5, 0.6) is 23.5 Å². The number of halogens is 4. The van der Waals surface area contributed by atoms with Crippen LogP contribution in [0.3, 0.4) is 0 Å². The van der Waals surface area contributed by atoms with Gasteiger partial charge in [0.25, 0.3) is 0 Å². The van der Waals surface area contributed by atoms with Crippen LogP contribution in [-0.4, -0.2) is 144 Å². The Morgan fingerprint density at radius 1 is 0.598 bits per heavy atom. The molecular formula is C72H72F4N10O6. The molecule has 4 N–H and O–H groups in total. The molecule has 8 heterocycles. The Morgan fingerprint density at radius 2 is 1.13 bits per heavy atom. The molecule has 0 amide bonds. The molecule has 8 fully saturated rings. The van der Waals surface area contributed by atoms with Gasteiger partial charge in [0.1, 0.15) is 57.2 Å². The van der Waals surface area contributed by atoms with Crippen LogP contribution in [0.25, 0.3) is 65.9 Å². The number of anilines is 2. The number of nitrogens with zero attached hydrogens (tertiary/aromatic N) is 10. The summed E-state index contributed by atoms with van der Waals surface area (Å²) in [5.41, 5.74) is -0.562. The molecule has 8 aliphatic rings. The van der Waals surface area contributed by atoms with E-state index >= 15 is 17.6 Å². The lowest BCUT2D eigenvalue weighted by molar-refractivity contribution is -0.00439. The number of phenolic OH excluding ortho intramolecular Hbond substituents is 2. The fraction of sp³-hybridized carbons (Fsp3) is 0.472. The molecule has 8 aromatic rings. The van der Waals surface area contributed by atoms with Crippen LogP contribution in [0.4, 0.5) is 29.2 Å². The van der Waals surface area contributed by atoms with Crippen molar-refractivity contribution in [3.05, 3.63) is 94.8 Å². The van der Waals surface area contributed by atoms with Gasteiger partial charge in [-0.05, 0) is 162 Å². The van der Waals surface area contributed by atoms with Crippen LogP contribution in [0, 0.1) is 82.5 Å². The number of aliphatic hydroxyl groups excluding tert-OH is 2. The van der Waals surface area contributed by atoms with Crippen LogP contribution < -0.4 is 19.3 Å². The van der Waals surface area contributed by atoms with E-state index in [0.29, 0.717) is 97.0 Å². The molecule has 4 aromatic carbocycles. The van der Waals surface area contributed by atoms with E-state index in [1.165, 1.54) is 48.8 Å². The van der Waals surface area contributed by atoms with Crippen LogP contribution in [0.1, 0.15) is 107 Å². The van der Waals surface area contributed by atoms with Gasteiger partial charge in [-0.2, -0.15) is 19.9 Å². The fourth-order valence-electron chi connectivity index (χ4n) is 18.6. The molecule has 4 saturated heterocycles. The Kier molecular flexibility index (Phi) is 14.5. The van der Waals surface area contributed by atoms with Gasteiger partial charge in [0.2, 0.25) is 0 Å². The summed E-state index contributed by atoms with van der Waals surface area (Å²) in [6.45, 7) is 4.62. The Labute approximate surface area is 530 Å². The SMILES string of the molecule is C#Cc1c(F)ccc2cc(O)cc(-c3ncc4c(N5CC6CC(O)C(C6)C5)nc(OC[C@]56CCC[C@H]5N(Cc5cc(F)c(C#C)c7c(-c8ncc9c(N%10CC%11CC(O)C(C%11)C%10)nc(OC[C@]%10%11CCC[C@H]%10N(C)CCC%11)nc9c8F)cc(O)cc57)CCC6)nc4c3F)c12. The number of aliphatic hydroxyl groups is 2. The zero-order valence-electron chi connectivity index (χ0n) is 51.3. The molecule has 4 aliphatic carbocycles. The summed E-state index contributed by atoms with van der Waals surface area (Å²) in [7, 11) is 2.17. The van der Waals surface area contributed by atoms with Gasteiger partial charge in [0, 0.05) is 102 Å². The minimum absolute atomic E-state index is 0.0180. The van der Waals surface area contributed by atoms with Crippen LogP contribution >= 0.6 is 0 Å². The van der Waals surface area contributed by atoms with Crippen molar-refractivity contribution in [3.63, 3.8) is 0 Å². The lowest BCUT2D eigenvalue weighted by Crippen LogP contribution is -2.51. The number of likely N-dealkylation sites (tertiary alicyclic amines) is 2. The number of ether oxygens (including phenoxy) is 2. The molecule has 10 atom stereocenters. The summed E-state index contributed by atoms with van der Waals surface area (Å²) >= 11 is 0. The van der Waals surface area contributed by atoms with E-state index in [9.17, 15) is 20.4 Å². The standard InChI is InChI=1S/C72H72F4N10O6/c1-4-46-53(73)13-12-40-24-44(87)27-49(59(40)46)63-61(75)65-51(29-77-63)67(85-31-38-20-42(34-85)55(89)22-38)82-70(79-65)92-37-72-15-7-11-58(72)84(19-9-17-72)33-41-25-54(74)47(5-2)60-48(41)26-45(88)28-50(60)64-62(76)66-52(30-78-64)68(86-32-39-21-43(35-86)56(90)23-39)81-69(80-66)91-36-71-14-6-10-57(71)83(3)18-8-16-71/h1-2,12-13,24-30,38-39,42-43,55-58,87-90H,6-11,14-23,31-37H2,3H3/t38?,39?,42?,43?,55?,56?,57-,58-,71-,72-/m1/s1. The summed E-state index contributed by atoms with van der Waals surface area (Å²) in [4.78, 5) is 37.9. The maximum Gasteiger partial charge on any atom is 0.319 e. The first-order valence-electron chi connectivity index (χ1n) is 32.7. The monoisotopic (exact) mass is 1250 g/mol. The molecule has 4 bridgehead atoms. The van der Waals surface area contributed by atoms with Gasteiger partial charge in [0.15, 0.2) is 11.6 Å². The van der Waals surface area contributed by atoms with Crippen molar-refractivity contribution in [2.24, 2.45) is 34.5 Å². The topological polar surface area (TPSA) is 190 Å². The second kappa shape index (κ2) is 22.6. The largest absolute Gasteiger partial charge is 0.508 e. The second-order valence-electron chi connectivity index (χ2n) is 28.1. The van der Waals surface area contributed by atoms with E-state index in [0.717, 1.165) is 83.6 Å². The van der Waals surface area contributed by atoms with Gasteiger partial charge in [0.05, 0.1) is 47.3 Å². The smallest absolute Gasteiger partial charge is 0.319 e. The summed E-state index contributed by atoms with van der Waals surface area (Å²) in [5, 5.41) is 46.5. The van der Waals surface area contributed by atoms with Crippen molar-refractivity contribution >= 4 is 55.0 Å². The highest BCUT2D eigenvalue weighted by atomic mass is 19.1. The molecule has 92 heavy (non-hydrogen) atoms. The Morgan fingerprint density at radius 3 is 1.72 bits per heavy atom. The van der Waals surface area contributed by atoms with Gasteiger partial charge in [-0.3, -0.25) is 14.9 Å². The number of terminal acetylenes is 2. The molecule has 16 nitrogen and oxygen atoms in total. The maximum absolute atomic E-state index is 18.1. The third kappa shape index (κ3) is 9.70. The number of rotatable bonds is 12. The molecule has 474 valence electrons. The summed E-state index contributed by atoms with van der Waals surface area (Å²) in [5.74, 6) is 2.85. The van der Waals surface area contributed by atoms with Crippen LogP contribution in [0.2, 0.25) is 0 Å². The molecule has 0 spiro atoms. The van der Waals surface area contributed by atoms with Crippen molar-refractivity contribution in [1.82, 2.24) is 39.7 Å². The number of hydrogen-bond donors (Lipinski definition) is 4. The summed E-state index contributed by atoms with van der Waals surface area (Å²) in [6, 6.07) is 9.99. The van der Waals surface area contributed by atoms with Gasteiger partial charge in [-0.15, -0.1) is 12.8 Å². The number of phenols is 2. The highest BCUT2D eigenvalue weighted by Gasteiger charge is 2.50. The fourth-order valence-corrected chi connectivity index (χ4v) is 18.6. The summed E-state index contributed by atoms with van der Waals surface area (Å²) < 4.78 is 81.5. The minimum atomic E-state index is -0.845. The average Bonchev–Trinajstić information content (AvgIpc) is 0.908. The van der Waals surface area contributed by atoms with E-state index in [1.54, 1.807) is 6.07 Å². The third-order valence-corrected chi connectivity index (χ3v) is 22.7. The molecule has 6 unspecified atom stereocenters. The number of benzene rings is 4. The predicted molar refractivity (Wildman–Crippen MR) is 341 cm³/mol. The number of aromatic nitrogens is 6. The Balaban J connectivity index is 0.739. The van der Waals surface area contributed by atoms with Gasteiger partial charge in [-0.25, -0.2) is 17.6 Å². The predicted octanol–water partition coefficient (Wildman–Crippen LogP) is 11.2. The minimum Gasteiger partial charge on any atom is -0.508 e. The van der Waals surface area contributed by atoms with E-state index in [-0.39, 0.29) is 127 Å². The van der Waals surface area contributed by atoms with Crippen molar-refractivity contribution in [1.29, 1.82) is 0 Å². The Hall–Kier alpha value is -8.14. The first-order valence-corrected chi connectivity index (χ1v) is 32.7. The number of pyridine rings is 2. The van der Waals surface area contributed by atoms with E-state index in [4.69, 9.17) is 47.2 Å². The first kappa shape index (κ1) is 58.9. The summed E-state index contributed by atoms with van der Waals surface area (Å²) in [6.07, 6.45) is 26.4. The zero-order valence-corrected chi connectivity index (χ0v) is 51.3. The van der Waals surface area contributed by atoms with E-state index in [2.05, 4.69) is 38.6 Å². The Bertz CT molecular complexity index is 4450. The molecule has 20 heteroatoms. The lowest BCUT2D eigenvalue weighted by Gasteiger charge is -2.46. The van der Waals surface area contributed by atoms with Crippen molar-refractivity contribution < 1.29 is 47.5 Å². The molecule has 4 aromatic heterocycles. The molecule has 0 radical (unpaired) electrons. The number of aromatic hydroxyl groups is 2. The number of hydrogen-bond acceptors (Lipinski definition) is 16. The molecule has 4 aliphatic heterocycles. The lowest BCUT2D eigenvalue weighted by atomic mass is 9.75. The van der Waals surface area contributed by atoms with Crippen LogP contribution in [-0.2, 0) is 6.54 Å². The molecule has 16 rings (SSSR count). The second-order valence-corrected chi connectivity index (χ2v) is 28.1. The van der Waals surface area contributed by atoms with Crippen molar-refractivity contribution in [2.45, 2.75) is 121 Å². The van der Waals surface area contributed by atoms with Gasteiger partial charge < -0.3 is 44.6 Å². The third-order valence-electron chi connectivity index (χ3n) is 22.7. The van der Waals surface area contributed by atoms with Gasteiger partial charge >= 0.3 is 12.0 Å². The highest BCUT2D eigenvalue weighted by Crippen LogP contribution is 2.52. The van der Waals surface area contributed by atoms with Crippen molar-refractivity contribution in [3.8, 4) is 70.7 Å². The number of piperidine rings is 4. The average molecular weight is 1250 g/mol. The molecular weight excluding hydrogens is 1180 g/mol. The zero-order chi connectivity index (χ0) is 63.1. The quantitative estimate of drug-likeness (QED) is 0.0667. The highest BCUT2D eigenvalue weighted by molar-refractivity contribution is 6.05. The van der Waals surface area contributed by atoms with Crippen molar-refractivity contribution in [2.75, 3.05) is 69.3 Å². The first-order chi connectivity index (χ1) is 44.6. The number of fused-ring (bicyclic) bond motifs is 10. The maximum atomic E-state index is 18.1. The van der Waals surface area contributed by atoms with Gasteiger partial charge in [-0.1, -0.05) is 30.7 Å². The van der Waals surface area contributed by atoms with E-state index in [1.807, 2.05) is 4.90 Å². The van der Waals surface area contributed by atoms with E-state index < -0.39 is 40.9 Å². The van der Waals surface area contributed by atoms with Crippen LogP contribution in [0.15, 0.2) is 54.9 Å². The normalized spacial score (nSPS) is 27.9. The molecule has 4 saturated carbocycles.